The van der Waals surface area contributed by atoms with Crippen molar-refractivity contribution in [3.8, 4) is 11.6 Å². The number of carbonyl (C=O) groups is 1. The van der Waals surface area contributed by atoms with Crippen LogP contribution in [0.1, 0.15) is 22.8 Å². The standard InChI is InChI=1S/C19H15Cl2F6N3O5S/c1-9(19(25,26)27)35-17-14(21)3-11(5-28-17)34-6-10-2-15(22)12(4-13(10)20)16(31)29-36(32,33)30-7-18(23,24)8-30/h2-5,9H,6-8H2,1H3,(H,29,31). The molecule has 1 aliphatic heterocycles. The highest BCUT2D eigenvalue weighted by Gasteiger charge is 2.50. The number of amides is 1. The lowest BCUT2D eigenvalue weighted by Crippen LogP contribution is -2.61. The van der Waals surface area contributed by atoms with Crippen LogP contribution in [0.25, 0.3) is 0 Å². The van der Waals surface area contributed by atoms with E-state index in [1.807, 2.05) is 0 Å². The van der Waals surface area contributed by atoms with Crippen LogP contribution in [0.4, 0.5) is 26.3 Å². The molecule has 2 heterocycles. The maximum atomic E-state index is 14.5. The average Bonchev–Trinajstić information content (AvgIpc) is 2.72. The summed E-state index contributed by atoms with van der Waals surface area (Å²) in [7, 11) is -4.62. The van der Waals surface area contributed by atoms with E-state index in [0.717, 1.165) is 31.3 Å². The van der Waals surface area contributed by atoms with Crippen LogP contribution < -0.4 is 14.2 Å². The topological polar surface area (TPSA) is 97.8 Å². The second kappa shape index (κ2) is 10.1. The van der Waals surface area contributed by atoms with Gasteiger partial charge < -0.3 is 9.47 Å². The van der Waals surface area contributed by atoms with Crippen molar-refractivity contribution in [3.63, 3.8) is 0 Å². The van der Waals surface area contributed by atoms with Gasteiger partial charge in [-0.1, -0.05) is 23.2 Å². The van der Waals surface area contributed by atoms with Crippen molar-refractivity contribution in [2.75, 3.05) is 13.1 Å². The monoisotopic (exact) mass is 581 g/mol. The van der Waals surface area contributed by atoms with E-state index in [2.05, 4.69) is 9.72 Å². The molecule has 8 nitrogen and oxygen atoms in total. The molecule has 1 amide bonds. The van der Waals surface area contributed by atoms with Gasteiger partial charge in [-0.2, -0.15) is 25.9 Å². The van der Waals surface area contributed by atoms with Crippen LogP contribution in [0.3, 0.4) is 0 Å². The molecule has 0 saturated carbocycles. The predicted octanol–water partition coefficient (Wildman–Crippen LogP) is 4.36. The van der Waals surface area contributed by atoms with E-state index in [-0.39, 0.29) is 21.4 Å². The van der Waals surface area contributed by atoms with Gasteiger partial charge in [-0.15, -0.1) is 0 Å². The number of hydrogen-bond acceptors (Lipinski definition) is 6. The molecule has 2 aromatic rings. The summed E-state index contributed by atoms with van der Waals surface area (Å²) < 4.78 is 114. The fraction of sp³-hybridized carbons (Fsp3) is 0.368. The van der Waals surface area contributed by atoms with Crippen molar-refractivity contribution in [2.24, 2.45) is 0 Å². The number of hydrogen-bond donors (Lipinski definition) is 1. The molecule has 1 atom stereocenters. The number of nitrogens with one attached hydrogen (secondary N) is 1. The van der Waals surface area contributed by atoms with Crippen LogP contribution in [0.15, 0.2) is 24.4 Å². The minimum Gasteiger partial charge on any atom is -0.487 e. The summed E-state index contributed by atoms with van der Waals surface area (Å²) in [5.74, 6) is -6.38. The zero-order chi connectivity index (χ0) is 27.1. The summed E-state index contributed by atoms with van der Waals surface area (Å²) >= 11 is 11.9. The van der Waals surface area contributed by atoms with Crippen molar-refractivity contribution in [1.29, 1.82) is 0 Å². The number of alkyl halides is 5. The third-order valence-corrected chi connectivity index (χ3v) is 6.69. The number of nitrogens with zero attached hydrogens (tertiary/aromatic N) is 2. The lowest BCUT2D eigenvalue weighted by Gasteiger charge is -2.37. The zero-order valence-corrected chi connectivity index (χ0v) is 20.2. The number of carbonyl (C=O) groups excluding carboxylic acids is 1. The van der Waals surface area contributed by atoms with Gasteiger partial charge >= 0.3 is 16.4 Å². The van der Waals surface area contributed by atoms with Gasteiger partial charge in [0.2, 0.25) is 5.88 Å². The van der Waals surface area contributed by atoms with Crippen LogP contribution in [0, 0.1) is 5.82 Å². The number of benzene rings is 1. The Bertz CT molecular complexity index is 1270. The van der Waals surface area contributed by atoms with Crippen LogP contribution in [0.5, 0.6) is 11.6 Å². The van der Waals surface area contributed by atoms with Gasteiger partial charge in [0.25, 0.3) is 11.8 Å². The van der Waals surface area contributed by atoms with Gasteiger partial charge in [0.05, 0.1) is 24.8 Å². The Labute approximate surface area is 210 Å². The number of halogens is 8. The zero-order valence-electron chi connectivity index (χ0n) is 17.9. The Morgan fingerprint density at radius 3 is 2.42 bits per heavy atom. The fourth-order valence-electron chi connectivity index (χ4n) is 2.72. The van der Waals surface area contributed by atoms with E-state index in [0.29, 0.717) is 4.31 Å². The highest BCUT2D eigenvalue weighted by Crippen LogP contribution is 2.32. The van der Waals surface area contributed by atoms with Crippen LogP contribution in [-0.2, 0) is 16.8 Å². The van der Waals surface area contributed by atoms with E-state index in [9.17, 15) is 39.6 Å². The minimum absolute atomic E-state index is 0.00176. The van der Waals surface area contributed by atoms with Crippen LogP contribution in [-0.4, -0.2) is 54.9 Å². The lowest BCUT2D eigenvalue weighted by molar-refractivity contribution is -0.189. The van der Waals surface area contributed by atoms with E-state index >= 15 is 0 Å². The molecular weight excluding hydrogens is 567 g/mol. The largest absolute Gasteiger partial charge is 0.487 e. The van der Waals surface area contributed by atoms with Crippen molar-refractivity contribution in [3.05, 3.63) is 51.4 Å². The normalized spacial score (nSPS) is 16.7. The first-order valence-electron chi connectivity index (χ1n) is 9.68. The van der Waals surface area contributed by atoms with Crippen molar-refractivity contribution < 1.29 is 49.0 Å². The molecule has 0 aliphatic carbocycles. The van der Waals surface area contributed by atoms with E-state index in [1.54, 1.807) is 0 Å². The summed E-state index contributed by atoms with van der Waals surface area (Å²) in [6, 6.07) is 2.69. The van der Waals surface area contributed by atoms with Crippen LogP contribution in [0.2, 0.25) is 10.0 Å². The molecule has 17 heteroatoms. The number of aromatic nitrogens is 1. The van der Waals surface area contributed by atoms with Gasteiger partial charge in [0.1, 0.15) is 23.2 Å². The third kappa shape index (κ3) is 6.63. The van der Waals surface area contributed by atoms with Crippen molar-refractivity contribution in [2.45, 2.75) is 31.7 Å². The third-order valence-electron chi connectivity index (χ3n) is 4.68. The molecule has 1 aromatic carbocycles. The number of pyridine rings is 1. The van der Waals surface area contributed by atoms with E-state index < -0.39 is 71.3 Å². The van der Waals surface area contributed by atoms with E-state index in [4.69, 9.17) is 27.9 Å². The molecule has 1 saturated heterocycles. The molecule has 3 rings (SSSR count). The Kier molecular flexibility index (Phi) is 7.89. The van der Waals surface area contributed by atoms with Gasteiger partial charge in [0.15, 0.2) is 6.10 Å². The average molecular weight is 582 g/mol. The Morgan fingerprint density at radius 1 is 1.22 bits per heavy atom. The molecule has 1 N–H and O–H groups in total. The SMILES string of the molecule is CC(Oc1ncc(OCc2cc(F)c(C(=O)NS(=O)(=O)N3CC(F)(F)C3)cc2Cl)cc1Cl)C(F)(F)F. The van der Waals surface area contributed by atoms with Gasteiger partial charge in [-0.3, -0.25) is 4.79 Å². The summed E-state index contributed by atoms with van der Waals surface area (Å²) in [4.78, 5) is 15.8. The molecule has 198 valence electrons. The second-order valence-corrected chi connectivity index (χ2v) is 10.0. The first-order valence-corrected chi connectivity index (χ1v) is 11.9. The highest BCUT2D eigenvalue weighted by molar-refractivity contribution is 7.87. The van der Waals surface area contributed by atoms with Gasteiger partial charge in [-0.25, -0.2) is 22.9 Å². The Morgan fingerprint density at radius 2 is 1.86 bits per heavy atom. The molecule has 1 fully saturated rings. The first kappa shape index (κ1) is 28.1. The molecular formula is C19H15Cl2F6N3O5S. The molecule has 1 aromatic heterocycles. The van der Waals surface area contributed by atoms with Crippen LogP contribution >= 0.6 is 23.2 Å². The maximum absolute atomic E-state index is 14.5. The summed E-state index contributed by atoms with van der Waals surface area (Å²) in [6.45, 7) is -1.89. The summed E-state index contributed by atoms with van der Waals surface area (Å²) in [6.07, 6.45) is -5.81. The molecule has 1 aliphatic rings. The summed E-state index contributed by atoms with van der Waals surface area (Å²) in [5.41, 5.74) is -0.775. The van der Waals surface area contributed by atoms with Crippen molar-refractivity contribution in [1.82, 2.24) is 14.0 Å². The maximum Gasteiger partial charge on any atom is 0.425 e. The van der Waals surface area contributed by atoms with Crippen molar-refractivity contribution >= 4 is 39.3 Å². The molecule has 0 bridgehead atoms. The molecule has 0 spiro atoms. The fourth-order valence-corrected chi connectivity index (χ4v) is 4.33. The molecule has 1 unspecified atom stereocenters. The van der Waals surface area contributed by atoms with Gasteiger partial charge in [0, 0.05) is 16.7 Å². The van der Waals surface area contributed by atoms with Gasteiger partial charge in [-0.05, 0) is 19.1 Å². The molecule has 36 heavy (non-hydrogen) atoms. The molecule has 0 radical (unpaired) electrons. The minimum atomic E-state index is -4.64. The summed E-state index contributed by atoms with van der Waals surface area (Å²) in [5, 5.41) is -0.512. The van der Waals surface area contributed by atoms with E-state index in [1.165, 1.54) is 4.72 Å². The second-order valence-electron chi connectivity index (χ2n) is 7.53. The number of rotatable bonds is 8. The highest BCUT2D eigenvalue weighted by atomic mass is 35.5. The number of ether oxygens (including phenoxy) is 2. The Balaban J connectivity index is 1.66. The predicted molar refractivity (Wildman–Crippen MR) is 114 cm³/mol. The first-order chi connectivity index (χ1) is 16.5. The smallest absolute Gasteiger partial charge is 0.425 e. The quantitative estimate of drug-likeness (QED) is 0.465. The lowest BCUT2D eigenvalue weighted by atomic mass is 10.1. The Hall–Kier alpha value is -2.49.